The molecule has 0 atom stereocenters. The maximum Gasteiger partial charge on any atom is 0.417 e. The van der Waals surface area contributed by atoms with Gasteiger partial charge in [0.1, 0.15) is 0 Å². The van der Waals surface area contributed by atoms with Gasteiger partial charge in [-0.25, -0.2) is 0 Å². The third kappa shape index (κ3) is 4.20. The number of rotatable bonds is 4. The van der Waals surface area contributed by atoms with E-state index in [2.05, 4.69) is 5.32 Å². The van der Waals surface area contributed by atoms with Crippen molar-refractivity contribution in [3.05, 3.63) is 35.9 Å². The van der Waals surface area contributed by atoms with E-state index in [1.165, 1.54) is 0 Å². The Morgan fingerprint density at radius 1 is 1.23 bits per heavy atom. The van der Waals surface area contributed by atoms with Crippen LogP contribution in [0, 0.1) is 0 Å². The lowest BCUT2D eigenvalue weighted by atomic mass is 9.91. The van der Waals surface area contributed by atoms with Crippen LogP contribution in [0.1, 0.15) is 18.4 Å². The number of likely N-dealkylation sites (tertiary alicyclic amines) is 1. The number of nitrogens with zero attached hydrogens (tertiary/aromatic N) is 1. The Morgan fingerprint density at radius 3 is 2.36 bits per heavy atom. The molecule has 0 aliphatic carbocycles. The van der Waals surface area contributed by atoms with Crippen molar-refractivity contribution in [3.8, 4) is 0 Å². The molecule has 1 aromatic carbocycles. The van der Waals surface area contributed by atoms with E-state index in [-0.39, 0.29) is 25.5 Å². The fraction of sp³-hybridized carbons (Fsp3) is 0.533. The Balaban J connectivity index is 1.75. The smallest absolute Gasteiger partial charge is 0.380 e. The van der Waals surface area contributed by atoms with E-state index in [9.17, 15) is 23.1 Å². The van der Waals surface area contributed by atoms with E-state index in [4.69, 9.17) is 0 Å². The SMILES string of the molecule is O=C(CN1CCC(O)(C(F)(F)F)CC1)NCc1ccccc1. The lowest BCUT2D eigenvalue weighted by Crippen LogP contribution is -2.54. The highest BCUT2D eigenvalue weighted by atomic mass is 19.4. The first-order valence-corrected chi connectivity index (χ1v) is 7.12. The quantitative estimate of drug-likeness (QED) is 0.889. The van der Waals surface area contributed by atoms with Gasteiger partial charge in [-0.1, -0.05) is 30.3 Å². The molecule has 4 nitrogen and oxygen atoms in total. The van der Waals surface area contributed by atoms with Crippen LogP contribution in [0.3, 0.4) is 0 Å². The minimum absolute atomic E-state index is 0.0424. The Labute approximate surface area is 126 Å². The summed E-state index contributed by atoms with van der Waals surface area (Å²) in [6.07, 6.45) is -5.42. The van der Waals surface area contributed by atoms with E-state index in [0.717, 1.165) is 5.56 Å². The zero-order chi connectivity index (χ0) is 16.2. The summed E-state index contributed by atoms with van der Waals surface area (Å²) in [5, 5.41) is 12.3. The van der Waals surface area contributed by atoms with Crippen LogP contribution in [-0.4, -0.2) is 47.3 Å². The van der Waals surface area contributed by atoms with Gasteiger partial charge in [0, 0.05) is 19.6 Å². The van der Waals surface area contributed by atoms with E-state index in [0.29, 0.717) is 6.54 Å². The fourth-order valence-electron chi connectivity index (χ4n) is 2.42. The predicted octanol–water partition coefficient (Wildman–Crippen LogP) is 1.69. The highest BCUT2D eigenvalue weighted by Gasteiger charge is 2.54. The van der Waals surface area contributed by atoms with Gasteiger partial charge in [-0.15, -0.1) is 0 Å². The van der Waals surface area contributed by atoms with Gasteiger partial charge in [0.05, 0.1) is 6.54 Å². The maximum absolute atomic E-state index is 12.7. The van der Waals surface area contributed by atoms with E-state index in [1.807, 2.05) is 30.3 Å². The molecule has 0 aromatic heterocycles. The molecule has 2 N–H and O–H groups in total. The number of carbonyl (C=O) groups excluding carboxylic acids is 1. The van der Waals surface area contributed by atoms with E-state index in [1.54, 1.807) is 4.90 Å². The second-order valence-corrected chi connectivity index (χ2v) is 5.57. The highest BCUT2D eigenvalue weighted by Crippen LogP contribution is 2.38. The second kappa shape index (κ2) is 6.66. The topological polar surface area (TPSA) is 52.6 Å². The zero-order valence-electron chi connectivity index (χ0n) is 12.1. The van der Waals surface area contributed by atoms with Crippen LogP contribution >= 0.6 is 0 Å². The minimum Gasteiger partial charge on any atom is -0.380 e. The summed E-state index contributed by atoms with van der Waals surface area (Å²) in [5.41, 5.74) is -1.66. The molecule has 1 fully saturated rings. The van der Waals surface area contributed by atoms with Crippen LogP contribution in [-0.2, 0) is 11.3 Å². The predicted molar refractivity (Wildman–Crippen MR) is 75.0 cm³/mol. The van der Waals surface area contributed by atoms with Crippen molar-refractivity contribution in [2.75, 3.05) is 19.6 Å². The molecule has 22 heavy (non-hydrogen) atoms. The van der Waals surface area contributed by atoms with Gasteiger partial charge in [-0.3, -0.25) is 9.69 Å². The Kier molecular flexibility index (Phi) is 5.08. The van der Waals surface area contributed by atoms with Crippen molar-refractivity contribution in [1.29, 1.82) is 0 Å². The number of amides is 1. The maximum atomic E-state index is 12.7. The summed E-state index contributed by atoms with van der Waals surface area (Å²) in [4.78, 5) is 13.4. The van der Waals surface area contributed by atoms with Crippen molar-refractivity contribution < 1.29 is 23.1 Å². The van der Waals surface area contributed by atoms with Gasteiger partial charge in [-0.05, 0) is 18.4 Å². The average molecular weight is 316 g/mol. The van der Waals surface area contributed by atoms with Crippen LogP contribution < -0.4 is 5.32 Å². The monoisotopic (exact) mass is 316 g/mol. The molecule has 1 amide bonds. The molecule has 1 aliphatic heterocycles. The summed E-state index contributed by atoms with van der Waals surface area (Å²) < 4.78 is 38.0. The van der Waals surface area contributed by atoms with Gasteiger partial charge in [-0.2, -0.15) is 13.2 Å². The largest absolute Gasteiger partial charge is 0.417 e. The molecule has 1 aliphatic rings. The Hall–Kier alpha value is -1.60. The second-order valence-electron chi connectivity index (χ2n) is 5.57. The van der Waals surface area contributed by atoms with Crippen LogP contribution in [0.4, 0.5) is 13.2 Å². The average Bonchev–Trinajstić information content (AvgIpc) is 2.48. The van der Waals surface area contributed by atoms with Crippen molar-refractivity contribution in [1.82, 2.24) is 10.2 Å². The highest BCUT2D eigenvalue weighted by molar-refractivity contribution is 5.78. The minimum atomic E-state index is -4.62. The summed E-state index contributed by atoms with van der Waals surface area (Å²) >= 11 is 0. The Bertz CT molecular complexity index is 497. The number of aliphatic hydroxyl groups is 1. The van der Waals surface area contributed by atoms with Crippen LogP contribution in [0.15, 0.2) is 30.3 Å². The molecule has 0 saturated carbocycles. The first-order valence-electron chi connectivity index (χ1n) is 7.12. The van der Waals surface area contributed by atoms with Gasteiger partial charge < -0.3 is 10.4 Å². The molecule has 1 aromatic rings. The Morgan fingerprint density at radius 2 is 1.82 bits per heavy atom. The lowest BCUT2D eigenvalue weighted by Gasteiger charge is -2.38. The van der Waals surface area contributed by atoms with Crippen molar-refractivity contribution in [3.63, 3.8) is 0 Å². The first-order chi connectivity index (χ1) is 10.3. The molecule has 1 saturated heterocycles. The molecule has 2 rings (SSSR count). The van der Waals surface area contributed by atoms with E-state index >= 15 is 0 Å². The zero-order valence-corrected chi connectivity index (χ0v) is 12.1. The number of hydrogen-bond acceptors (Lipinski definition) is 3. The normalized spacial score (nSPS) is 18.9. The number of nitrogens with one attached hydrogen (secondary N) is 1. The molecule has 0 radical (unpaired) electrons. The molecule has 0 bridgehead atoms. The summed E-state index contributed by atoms with van der Waals surface area (Å²) in [7, 11) is 0. The molecule has 7 heteroatoms. The van der Waals surface area contributed by atoms with Crippen molar-refractivity contribution in [2.45, 2.75) is 31.2 Å². The number of piperidine rings is 1. The summed E-state index contributed by atoms with van der Waals surface area (Å²) in [6.45, 7) is 0.532. The third-order valence-electron chi connectivity index (χ3n) is 3.91. The van der Waals surface area contributed by atoms with Crippen LogP contribution in [0.2, 0.25) is 0 Å². The van der Waals surface area contributed by atoms with Gasteiger partial charge in [0.15, 0.2) is 5.60 Å². The molecule has 122 valence electrons. The number of hydrogen-bond donors (Lipinski definition) is 2. The summed E-state index contributed by atoms with van der Waals surface area (Å²) in [6, 6.07) is 9.37. The summed E-state index contributed by atoms with van der Waals surface area (Å²) in [5.74, 6) is -0.235. The molecular weight excluding hydrogens is 297 g/mol. The fourth-order valence-corrected chi connectivity index (χ4v) is 2.42. The molecular formula is C15H19F3N2O2. The molecule has 0 spiro atoms. The first kappa shape index (κ1) is 16.8. The number of benzene rings is 1. The number of carbonyl (C=O) groups is 1. The molecule has 1 heterocycles. The third-order valence-corrected chi connectivity index (χ3v) is 3.91. The molecule has 0 unspecified atom stereocenters. The van der Waals surface area contributed by atoms with Gasteiger partial charge in [0.25, 0.3) is 0 Å². The number of alkyl halides is 3. The number of halogens is 3. The van der Waals surface area contributed by atoms with E-state index < -0.39 is 24.6 Å². The van der Waals surface area contributed by atoms with Crippen molar-refractivity contribution >= 4 is 5.91 Å². The standard InChI is InChI=1S/C15H19F3N2O2/c16-15(17,18)14(22)6-8-20(9-7-14)11-13(21)19-10-12-4-2-1-3-5-12/h1-5,22H,6-11H2,(H,19,21). The van der Waals surface area contributed by atoms with Crippen molar-refractivity contribution in [2.24, 2.45) is 0 Å². The van der Waals surface area contributed by atoms with Crippen LogP contribution in [0.5, 0.6) is 0 Å². The van der Waals surface area contributed by atoms with Gasteiger partial charge >= 0.3 is 6.18 Å². The lowest BCUT2D eigenvalue weighted by molar-refractivity contribution is -0.272. The van der Waals surface area contributed by atoms with Gasteiger partial charge in [0.2, 0.25) is 5.91 Å². The van der Waals surface area contributed by atoms with Crippen LogP contribution in [0.25, 0.3) is 0 Å².